The van der Waals surface area contributed by atoms with Crippen LogP contribution in [0.1, 0.15) is 44.7 Å². The van der Waals surface area contributed by atoms with Crippen molar-refractivity contribution in [1.82, 2.24) is 10.6 Å². The number of alkyl carbamates (subject to hydrolysis) is 1. The molecule has 0 spiro atoms. The number of ketones is 1. The number of rotatable bonds is 12. The summed E-state index contributed by atoms with van der Waals surface area (Å²) in [4.78, 5) is 48.4. The van der Waals surface area contributed by atoms with Gasteiger partial charge in [-0.3, -0.25) is 14.4 Å². The van der Waals surface area contributed by atoms with Crippen molar-refractivity contribution in [3.8, 4) is 5.75 Å². The number of carbonyl (C=O) groups is 4. The summed E-state index contributed by atoms with van der Waals surface area (Å²) in [6.07, 6.45) is -0.701. The molecule has 0 unspecified atom stereocenters. The molecule has 0 bridgehead atoms. The molecular formula is C27H34N2O7. The van der Waals surface area contributed by atoms with E-state index in [9.17, 15) is 19.2 Å². The van der Waals surface area contributed by atoms with Crippen LogP contribution in [-0.2, 0) is 36.9 Å². The van der Waals surface area contributed by atoms with E-state index in [1.54, 1.807) is 45.0 Å². The van der Waals surface area contributed by atoms with Gasteiger partial charge in [-0.1, -0.05) is 42.5 Å². The number of benzene rings is 2. The second-order valence-corrected chi connectivity index (χ2v) is 9.15. The molecule has 0 heterocycles. The maximum atomic E-state index is 12.8. The number of hydrogen-bond donors (Lipinski definition) is 2. The van der Waals surface area contributed by atoms with Crippen LogP contribution in [0.25, 0.3) is 0 Å². The zero-order valence-corrected chi connectivity index (χ0v) is 21.2. The Labute approximate surface area is 211 Å². The van der Waals surface area contributed by atoms with E-state index in [4.69, 9.17) is 9.47 Å². The fourth-order valence-corrected chi connectivity index (χ4v) is 3.10. The quantitative estimate of drug-likeness (QED) is 0.431. The molecule has 0 radical (unpaired) electrons. The van der Waals surface area contributed by atoms with Crippen molar-refractivity contribution in [2.75, 3.05) is 13.7 Å². The number of ether oxygens (including phenoxy) is 3. The molecule has 0 aliphatic carbocycles. The van der Waals surface area contributed by atoms with Crippen LogP contribution in [0.2, 0.25) is 0 Å². The lowest BCUT2D eigenvalue weighted by molar-refractivity contribution is -0.141. The van der Waals surface area contributed by atoms with Crippen LogP contribution in [0.15, 0.2) is 54.6 Å². The molecule has 0 aliphatic rings. The van der Waals surface area contributed by atoms with Crippen LogP contribution in [0.5, 0.6) is 5.75 Å². The number of methoxy groups -OCH3 is 1. The summed E-state index contributed by atoms with van der Waals surface area (Å²) >= 11 is 0. The third-order valence-corrected chi connectivity index (χ3v) is 4.91. The van der Waals surface area contributed by atoms with Crippen molar-refractivity contribution < 1.29 is 33.4 Å². The highest BCUT2D eigenvalue weighted by Crippen LogP contribution is 2.16. The van der Waals surface area contributed by atoms with E-state index in [0.717, 1.165) is 11.1 Å². The van der Waals surface area contributed by atoms with Gasteiger partial charge in [-0.15, -0.1) is 0 Å². The average Bonchev–Trinajstić information content (AvgIpc) is 2.84. The van der Waals surface area contributed by atoms with E-state index in [1.807, 2.05) is 30.3 Å². The maximum absolute atomic E-state index is 12.8. The number of hydrogen-bond acceptors (Lipinski definition) is 7. The van der Waals surface area contributed by atoms with Gasteiger partial charge >= 0.3 is 12.1 Å². The van der Waals surface area contributed by atoms with E-state index >= 15 is 0 Å². The highest BCUT2D eigenvalue weighted by atomic mass is 16.6. The third kappa shape index (κ3) is 11.0. The molecule has 194 valence electrons. The van der Waals surface area contributed by atoms with Gasteiger partial charge in [0.1, 0.15) is 24.0 Å². The van der Waals surface area contributed by atoms with Crippen molar-refractivity contribution in [2.45, 2.75) is 58.3 Å². The first-order valence-electron chi connectivity index (χ1n) is 11.7. The maximum Gasteiger partial charge on any atom is 0.408 e. The number of nitrogens with one attached hydrogen (secondary N) is 2. The van der Waals surface area contributed by atoms with Gasteiger partial charge in [0.05, 0.1) is 20.1 Å². The first-order chi connectivity index (χ1) is 17.1. The van der Waals surface area contributed by atoms with E-state index in [1.165, 1.54) is 7.11 Å². The van der Waals surface area contributed by atoms with Crippen molar-refractivity contribution in [3.63, 3.8) is 0 Å². The zero-order chi connectivity index (χ0) is 26.6. The van der Waals surface area contributed by atoms with Crippen molar-refractivity contribution >= 4 is 23.8 Å². The van der Waals surface area contributed by atoms with E-state index in [2.05, 4.69) is 15.4 Å². The van der Waals surface area contributed by atoms with Crippen LogP contribution in [0, 0.1) is 0 Å². The molecular weight excluding hydrogens is 464 g/mol. The van der Waals surface area contributed by atoms with Gasteiger partial charge in [0, 0.05) is 12.8 Å². The van der Waals surface area contributed by atoms with Gasteiger partial charge in [-0.05, 0) is 44.0 Å². The topological polar surface area (TPSA) is 120 Å². The number of Topliss-reactive ketones (excluding diaryl/α,β-unsaturated/α-hetero) is 1. The second kappa shape index (κ2) is 13.9. The zero-order valence-electron chi connectivity index (χ0n) is 21.2. The molecule has 0 saturated carbocycles. The first kappa shape index (κ1) is 28.4. The fraction of sp³-hybridized carbons (Fsp3) is 0.407. The fourth-order valence-electron chi connectivity index (χ4n) is 3.10. The largest absolute Gasteiger partial charge is 0.489 e. The smallest absolute Gasteiger partial charge is 0.408 e. The minimum absolute atomic E-state index is 0.0540. The lowest BCUT2D eigenvalue weighted by Crippen LogP contribution is -2.50. The Kier molecular flexibility index (Phi) is 10.9. The third-order valence-electron chi connectivity index (χ3n) is 4.91. The molecule has 2 rings (SSSR count). The summed E-state index contributed by atoms with van der Waals surface area (Å²) in [5, 5.41) is 5.10. The summed E-state index contributed by atoms with van der Waals surface area (Å²) in [5.74, 6) is -0.711. The first-order valence-corrected chi connectivity index (χ1v) is 11.7. The monoisotopic (exact) mass is 498 g/mol. The van der Waals surface area contributed by atoms with Crippen molar-refractivity contribution in [3.05, 3.63) is 65.7 Å². The van der Waals surface area contributed by atoms with Gasteiger partial charge in [-0.25, -0.2) is 4.79 Å². The molecule has 0 aliphatic heterocycles. The van der Waals surface area contributed by atoms with Crippen molar-refractivity contribution in [2.24, 2.45) is 0 Å². The van der Waals surface area contributed by atoms with E-state index in [0.29, 0.717) is 12.4 Å². The van der Waals surface area contributed by atoms with Gasteiger partial charge in [0.25, 0.3) is 0 Å². The van der Waals surface area contributed by atoms with Gasteiger partial charge < -0.3 is 24.8 Å². The SMILES string of the molecule is COC(=O)CCC(=O)CNC(=O)[C@H](Cc1ccc(OCc2ccccc2)cc1)NC(=O)OC(C)(C)C. The van der Waals surface area contributed by atoms with Gasteiger partial charge in [0.2, 0.25) is 5.91 Å². The molecule has 0 fully saturated rings. The standard InChI is InChI=1S/C27H34N2O7/c1-27(2,3)36-26(33)29-23(25(32)28-17-21(30)12-15-24(31)34-4)16-19-10-13-22(14-11-19)35-18-20-8-6-5-7-9-20/h5-11,13-14,23H,12,15-18H2,1-4H3,(H,28,32)(H,29,33)/t23-/m0/s1. The van der Waals surface area contributed by atoms with Crippen LogP contribution in [0.4, 0.5) is 4.79 Å². The Morgan fingerprint density at radius 2 is 1.56 bits per heavy atom. The number of amides is 2. The molecule has 0 aromatic heterocycles. The molecule has 2 N–H and O–H groups in total. The van der Waals surface area contributed by atoms with Gasteiger partial charge in [-0.2, -0.15) is 0 Å². The Balaban J connectivity index is 1.99. The number of carbonyl (C=O) groups excluding carboxylic acids is 4. The predicted octanol–water partition coefficient (Wildman–Crippen LogP) is 3.34. The van der Waals surface area contributed by atoms with E-state index < -0.39 is 29.6 Å². The summed E-state index contributed by atoms with van der Waals surface area (Å²) in [6, 6.07) is 16.0. The normalized spacial score (nSPS) is 11.7. The predicted molar refractivity (Wildman–Crippen MR) is 133 cm³/mol. The van der Waals surface area contributed by atoms with Crippen LogP contribution < -0.4 is 15.4 Å². The minimum atomic E-state index is -0.982. The molecule has 2 amide bonds. The van der Waals surface area contributed by atoms with Crippen molar-refractivity contribution in [1.29, 1.82) is 0 Å². The summed E-state index contributed by atoms with van der Waals surface area (Å²) in [7, 11) is 1.24. The molecule has 2 aromatic rings. The number of esters is 1. The molecule has 2 aromatic carbocycles. The van der Waals surface area contributed by atoms with Crippen LogP contribution >= 0.6 is 0 Å². The lowest BCUT2D eigenvalue weighted by Gasteiger charge is -2.23. The molecule has 36 heavy (non-hydrogen) atoms. The molecule has 1 atom stereocenters. The Hall–Kier alpha value is -3.88. The Bertz CT molecular complexity index is 1010. The molecule has 0 saturated heterocycles. The van der Waals surface area contributed by atoms with Crippen LogP contribution in [-0.4, -0.2) is 49.1 Å². The Morgan fingerprint density at radius 3 is 2.17 bits per heavy atom. The Morgan fingerprint density at radius 1 is 0.889 bits per heavy atom. The van der Waals surface area contributed by atoms with Gasteiger partial charge in [0.15, 0.2) is 5.78 Å². The van der Waals surface area contributed by atoms with Crippen LogP contribution in [0.3, 0.4) is 0 Å². The summed E-state index contributed by atoms with van der Waals surface area (Å²) in [5.41, 5.74) is 1.07. The second-order valence-electron chi connectivity index (χ2n) is 9.15. The summed E-state index contributed by atoms with van der Waals surface area (Å²) < 4.78 is 15.6. The minimum Gasteiger partial charge on any atom is -0.489 e. The molecule has 9 nitrogen and oxygen atoms in total. The summed E-state index contributed by atoms with van der Waals surface area (Å²) in [6.45, 7) is 5.31. The lowest BCUT2D eigenvalue weighted by atomic mass is 10.0. The highest BCUT2D eigenvalue weighted by molar-refractivity contribution is 5.91. The average molecular weight is 499 g/mol. The molecule has 9 heteroatoms. The van der Waals surface area contributed by atoms with E-state index in [-0.39, 0.29) is 31.6 Å². The highest BCUT2D eigenvalue weighted by Gasteiger charge is 2.25.